The highest BCUT2D eigenvalue weighted by atomic mass is 16.1. The maximum absolute atomic E-state index is 12.4. The second-order valence-electron chi connectivity index (χ2n) is 5.40. The van der Waals surface area contributed by atoms with E-state index in [2.05, 4.69) is 29.5 Å². The van der Waals surface area contributed by atoms with Gasteiger partial charge in [0, 0.05) is 25.2 Å². The first-order valence-electron chi connectivity index (χ1n) is 7.38. The lowest BCUT2D eigenvalue weighted by Crippen LogP contribution is -2.29. The van der Waals surface area contributed by atoms with Crippen LogP contribution in [0.2, 0.25) is 0 Å². The van der Waals surface area contributed by atoms with Crippen molar-refractivity contribution in [3.63, 3.8) is 0 Å². The molecule has 4 heteroatoms. The summed E-state index contributed by atoms with van der Waals surface area (Å²) in [6, 6.07) is 10.3. The van der Waals surface area contributed by atoms with Gasteiger partial charge in [0.05, 0.1) is 11.3 Å². The number of aromatic nitrogens is 2. The summed E-state index contributed by atoms with van der Waals surface area (Å²) in [5, 5.41) is 7.34. The molecule has 0 aliphatic carbocycles. The van der Waals surface area contributed by atoms with Gasteiger partial charge in [0.2, 0.25) is 0 Å². The average Bonchev–Trinajstić information content (AvgIpc) is 2.74. The molecule has 2 aromatic rings. The van der Waals surface area contributed by atoms with E-state index in [1.165, 1.54) is 5.56 Å². The summed E-state index contributed by atoms with van der Waals surface area (Å²) in [6.07, 6.45) is 0.995. The molecule has 1 heterocycles. The molecule has 1 amide bonds. The molecule has 1 aromatic carbocycles. The third kappa shape index (κ3) is 3.32. The van der Waals surface area contributed by atoms with Crippen molar-refractivity contribution in [2.45, 2.75) is 33.1 Å². The van der Waals surface area contributed by atoms with Crippen molar-refractivity contribution >= 4 is 5.91 Å². The number of amides is 1. The van der Waals surface area contributed by atoms with Crippen LogP contribution in [0.4, 0.5) is 0 Å². The minimum atomic E-state index is -0.0347. The van der Waals surface area contributed by atoms with E-state index in [-0.39, 0.29) is 5.91 Å². The normalized spacial score (nSPS) is 12.2. The first-order valence-corrected chi connectivity index (χ1v) is 7.38. The van der Waals surface area contributed by atoms with Crippen molar-refractivity contribution in [1.82, 2.24) is 15.1 Å². The molecule has 0 aliphatic rings. The van der Waals surface area contributed by atoms with Crippen molar-refractivity contribution in [2.75, 3.05) is 6.54 Å². The van der Waals surface area contributed by atoms with Crippen LogP contribution in [0.15, 0.2) is 30.3 Å². The van der Waals surface area contributed by atoms with Crippen LogP contribution < -0.4 is 5.32 Å². The molecule has 4 nitrogen and oxygen atoms in total. The SMILES string of the molecule is CC[C@@H](CNC(=O)c1c(C)nn(C)c1C)c1ccccc1. The van der Waals surface area contributed by atoms with E-state index in [1.807, 2.05) is 39.1 Å². The first-order chi connectivity index (χ1) is 10.0. The first kappa shape index (κ1) is 15.3. The number of nitrogens with zero attached hydrogens (tertiary/aromatic N) is 2. The van der Waals surface area contributed by atoms with Crippen molar-refractivity contribution in [3.05, 3.63) is 52.8 Å². The summed E-state index contributed by atoms with van der Waals surface area (Å²) < 4.78 is 1.75. The van der Waals surface area contributed by atoms with Crippen LogP contribution in [0.3, 0.4) is 0 Å². The van der Waals surface area contributed by atoms with E-state index in [0.29, 0.717) is 18.0 Å². The van der Waals surface area contributed by atoms with Gasteiger partial charge in [-0.05, 0) is 25.8 Å². The Balaban J connectivity index is 2.06. The standard InChI is InChI=1S/C17H23N3O/c1-5-14(15-9-7-6-8-10-15)11-18-17(21)16-12(2)19-20(4)13(16)3/h6-10,14H,5,11H2,1-4H3,(H,18,21)/t14-/m0/s1. The zero-order valence-electron chi connectivity index (χ0n) is 13.2. The Hall–Kier alpha value is -2.10. The summed E-state index contributed by atoms with van der Waals surface area (Å²) in [4.78, 5) is 12.4. The largest absolute Gasteiger partial charge is 0.351 e. The highest BCUT2D eigenvalue weighted by molar-refractivity contribution is 5.96. The topological polar surface area (TPSA) is 46.9 Å². The van der Waals surface area contributed by atoms with Crippen LogP contribution >= 0.6 is 0 Å². The number of benzene rings is 1. The molecule has 1 aromatic heterocycles. The van der Waals surface area contributed by atoms with Gasteiger partial charge in [0.15, 0.2) is 0 Å². The molecule has 0 fully saturated rings. The third-order valence-electron chi connectivity index (χ3n) is 4.01. The predicted molar refractivity (Wildman–Crippen MR) is 84.5 cm³/mol. The average molecular weight is 285 g/mol. The van der Waals surface area contributed by atoms with Gasteiger partial charge in [-0.15, -0.1) is 0 Å². The summed E-state index contributed by atoms with van der Waals surface area (Å²) in [6.45, 7) is 6.58. The fourth-order valence-corrected chi connectivity index (χ4v) is 2.63. The zero-order valence-corrected chi connectivity index (χ0v) is 13.2. The number of rotatable bonds is 5. The van der Waals surface area contributed by atoms with Crippen LogP contribution in [-0.2, 0) is 7.05 Å². The maximum Gasteiger partial charge on any atom is 0.255 e. The minimum absolute atomic E-state index is 0.0347. The van der Waals surface area contributed by atoms with Gasteiger partial charge in [0.25, 0.3) is 5.91 Å². The van der Waals surface area contributed by atoms with E-state index < -0.39 is 0 Å². The van der Waals surface area contributed by atoms with Crippen LogP contribution in [0.1, 0.15) is 46.6 Å². The lowest BCUT2D eigenvalue weighted by atomic mass is 9.96. The number of hydrogen-bond donors (Lipinski definition) is 1. The van der Waals surface area contributed by atoms with Crippen LogP contribution in [0.5, 0.6) is 0 Å². The summed E-state index contributed by atoms with van der Waals surface area (Å²) in [5.74, 6) is 0.305. The van der Waals surface area contributed by atoms with Crippen molar-refractivity contribution < 1.29 is 4.79 Å². The molecule has 1 N–H and O–H groups in total. The smallest absolute Gasteiger partial charge is 0.255 e. The predicted octanol–water partition coefficient (Wildman–Crippen LogP) is 2.96. The molecule has 0 radical (unpaired) electrons. The van der Waals surface area contributed by atoms with Crippen LogP contribution in [0.25, 0.3) is 0 Å². The summed E-state index contributed by atoms with van der Waals surface area (Å²) in [7, 11) is 1.86. The summed E-state index contributed by atoms with van der Waals surface area (Å²) >= 11 is 0. The molecule has 0 saturated heterocycles. The lowest BCUT2D eigenvalue weighted by Gasteiger charge is -2.16. The van der Waals surface area contributed by atoms with Gasteiger partial charge in [-0.1, -0.05) is 37.3 Å². The van der Waals surface area contributed by atoms with Crippen molar-refractivity contribution in [2.24, 2.45) is 7.05 Å². The molecule has 0 saturated carbocycles. The van der Waals surface area contributed by atoms with E-state index in [4.69, 9.17) is 0 Å². The monoisotopic (exact) mass is 285 g/mol. The molecular formula is C17H23N3O. The van der Waals surface area contributed by atoms with E-state index in [9.17, 15) is 4.79 Å². The lowest BCUT2D eigenvalue weighted by molar-refractivity contribution is 0.0949. The molecule has 0 aliphatic heterocycles. The number of hydrogen-bond acceptors (Lipinski definition) is 2. The Morgan fingerprint density at radius 2 is 1.95 bits per heavy atom. The molecule has 0 unspecified atom stereocenters. The Kier molecular flexibility index (Phi) is 4.78. The van der Waals surface area contributed by atoms with Gasteiger partial charge in [-0.3, -0.25) is 9.48 Å². The van der Waals surface area contributed by atoms with Crippen LogP contribution in [-0.4, -0.2) is 22.2 Å². The van der Waals surface area contributed by atoms with Crippen molar-refractivity contribution in [3.8, 4) is 0 Å². The van der Waals surface area contributed by atoms with Crippen LogP contribution in [0, 0.1) is 13.8 Å². The molecule has 112 valence electrons. The van der Waals surface area contributed by atoms with Gasteiger partial charge in [0.1, 0.15) is 0 Å². The number of nitrogens with one attached hydrogen (secondary N) is 1. The zero-order chi connectivity index (χ0) is 15.4. The second-order valence-corrected chi connectivity index (χ2v) is 5.40. The van der Waals surface area contributed by atoms with Gasteiger partial charge < -0.3 is 5.32 Å². The third-order valence-corrected chi connectivity index (χ3v) is 4.01. The fourth-order valence-electron chi connectivity index (χ4n) is 2.63. The molecular weight excluding hydrogens is 262 g/mol. The van der Waals surface area contributed by atoms with Gasteiger partial charge in [-0.25, -0.2) is 0 Å². The molecule has 2 rings (SSSR count). The molecule has 1 atom stereocenters. The van der Waals surface area contributed by atoms with E-state index in [0.717, 1.165) is 17.8 Å². The van der Waals surface area contributed by atoms with Crippen molar-refractivity contribution in [1.29, 1.82) is 0 Å². The Morgan fingerprint density at radius 3 is 2.48 bits per heavy atom. The molecule has 0 bridgehead atoms. The highest BCUT2D eigenvalue weighted by Crippen LogP contribution is 2.18. The maximum atomic E-state index is 12.4. The van der Waals surface area contributed by atoms with E-state index in [1.54, 1.807) is 4.68 Å². The second kappa shape index (κ2) is 6.57. The Labute approximate surface area is 126 Å². The quantitative estimate of drug-likeness (QED) is 0.918. The summed E-state index contributed by atoms with van der Waals surface area (Å²) in [5.41, 5.74) is 3.64. The van der Waals surface area contributed by atoms with E-state index >= 15 is 0 Å². The Morgan fingerprint density at radius 1 is 1.29 bits per heavy atom. The number of carbonyl (C=O) groups excluding carboxylic acids is 1. The molecule has 0 spiro atoms. The number of carbonyl (C=O) groups is 1. The number of aryl methyl sites for hydroxylation is 2. The fraction of sp³-hybridized carbons (Fsp3) is 0.412. The highest BCUT2D eigenvalue weighted by Gasteiger charge is 2.18. The van der Waals surface area contributed by atoms with Gasteiger partial charge >= 0.3 is 0 Å². The Bertz CT molecular complexity index is 616. The van der Waals surface area contributed by atoms with Gasteiger partial charge in [-0.2, -0.15) is 5.10 Å². The molecule has 21 heavy (non-hydrogen) atoms. The minimum Gasteiger partial charge on any atom is -0.351 e.